The molecule has 0 atom stereocenters. The van der Waals surface area contributed by atoms with Crippen molar-refractivity contribution in [2.75, 3.05) is 7.11 Å². The number of ether oxygens (including phenoxy) is 1. The highest BCUT2D eigenvalue weighted by Gasteiger charge is 2.09. The molecule has 2 aromatic rings. The van der Waals surface area contributed by atoms with Crippen LogP contribution in [0.15, 0.2) is 48.5 Å². The van der Waals surface area contributed by atoms with Gasteiger partial charge in [-0.1, -0.05) is 29.8 Å². The normalized spacial score (nSPS) is 10.7. The van der Waals surface area contributed by atoms with Gasteiger partial charge < -0.3 is 9.84 Å². The molecule has 0 spiro atoms. The number of phenolic OH excluding ortho intramolecular Hbond substituents is 1. The van der Waals surface area contributed by atoms with Crippen molar-refractivity contribution in [3.8, 4) is 11.5 Å². The number of allylic oxidation sites excluding steroid dienone is 1. The summed E-state index contributed by atoms with van der Waals surface area (Å²) in [4.78, 5) is 12.0. The fourth-order valence-electron chi connectivity index (χ4n) is 1.71. The van der Waals surface area contributed by atoms with Gasteiger partial charge in [0.05, 0.1) is 12.7 Å². The Balaban J connectivity index is 2.22. The summed E-state index contributed by atoms with van der Waals surface area (Å²) in [5.41, 5.74) is 0.963. The van der Waals surface area contributed by atoms with Crippen LogP contribution in [0.4, 0.5) is 0 Å². The third-order valence-corrected chi connectivity index (χ3v) is 3.13. The number of aromatic hydroxyl groups is 1. The first-order valence-corrected chi connectivity index (χ1v) is 6.33. The number of phenols is 1. The molecule has 4 heteroatoms. The summed E-state index contributed by atoms with van der Waals surface area (Å²) < 4.78 is 4.97. The molecule has 0 heterocycles. The second-order valence-electron chi connectivity index (χ2n) is 4.10. The van der Waals surface area contributed by atoms with E-state index < -0.39 is 0 Å². The second-order valence-corrected chi connectivity index (χ2v) is 4.51. The lowest BCUT2D eigenvalue weighted by atomic mass is 10.1. The van der Waals surface area contributed by atoms with Crippen molar-refractivity contribution in [3.63, 3.8) is 0 Å². The van der Waals surface area contributed by atoms with Crippen molar-refractivity contribution in [3.05, 3.63) is 64.7 Å². The number of carbonyl (C=O) groups is 1. The summed E-state index contributed by atoms with van der Waals surface area (Å²) in [5, 5.41) is 10.3. The Morgan fingerprint density at radius 1 is 1.25 bits per heavy atom. The van der Waals surface area contributed by atoms with E-state index in [9.17, 15) is 9.90 Å². The summed E-state index contributed by atoms with van der Waals surface area (Å²) in [6.45, 7) is 0. The Morgan fingerprint density at radius 3 is 2.65 bits per heavy atom. The second kappa shape index (κ2) is 6.26. The zero-order chi connectivity index (χ0) is 14.5. The summed E-state index contributed by atoms with van der Waals surface area (Å²) in [5.74, 6) is 0.0809. The van der Waals surface area contributed by atoms with Gasteiger partial charge in [-0.3, -0.25) is 4.79 Å². The van der Waals surface area contributed by atoms with Crippen LogP contribution in [0.5, 0.6) is 11.5 Å². The SMILES string of the molecule is COc1ccc(C(=O)C=Cc2ccccc2Cl)c(O)c1. The van der Waals surface area contributed by atoms with Gasteiger partial charge in [0.15, 0.2) is 5.78 Å². The third kappa shape index (κ3) is 3.19. The van der Waals surface area contributed by atoms with Gasteiger partial charge in [-0.2, -0.15) is 0 Å². The summed E-state index contributed by atoms with van der Waals surface area (Å²) in [6, 6.07) is 11.7. The van der Waals surface area contributed by atoms with Crippen molar-refractivity contribution in [2.45, 2.75) is 0 Å². The van der Waals surface area contributed by atoms with Crippen LogP contribution in [-0.4, -0.2) is 18.0 Å². The predicted octanol–water partition coefficient (Wildman–Crippen LogP) is 3.95. The first-order valence-electron chi connectivity index (χ1n) is 5.96. The molecule has 2 rings (SSSR count). The molecular formula is C16H13ClO3. The average Bonchev–Trinajstić information content (AvgIpc) is 2.46. The lowest BCUT2D eigenvalue weighted by Gasteiger charge is -2.04. The minimum Gasteiger partial charge on any atom is -0.507 e. The molecule has 2 aromatic carbocycles. The quantitative estimate of drug-likeness (QED) is 0.684. The smallest absolute Gasteiger partial charge is 0.189 e. The van der Waals surface area contributed by atoms with Crippen LogP contribution >= 0.6 is 11.6 Å². The van der Waals surface area contributed by atoms with Crippen LogP contribution < -0.4 is 4.74 Å². The van der Waals surface area contributed by atoms with E-state index in [2.05, 4.69) is 0 Å². The number of methoxy groups -OCH3 is 1. The van der Waals surface area contributed by atoms with Gasteiger partial charge >= 0.3 is 0 Å². The van der Waals surface area contributed by atoms with E-state index in [1.165, 1.54) is 25.3 Å². The third-order valence-electron chi connectivity index (χ3n) is 2.79. The molecule has 0 saturated heterocycles. The van der Waals surface area contributed by atoms with Crippen LogP contribution in [0, 0.1) is 0 Å². The molecule has 1 N–H and O–H groups in total. The van der Waals surface area contributed by atoms with Crippen molar-refractivity contribution >= 4 is 23.5 Å². The highest BCUT2D eigenvalue weighted by Crippen LogP contribution is 2.24. The Kier molecular flexibility index (Phi) is 4.43. The number of hydrogen-bond acceptors (Lipinski definition) is 3. The number of halogens is 1. The van der Waals surface area contributed by atoms with Gasteiger partial charge in [0, 0.05) is 11.1 Å². The molecule has 0 saturated carbocycles. The summed E-state index contributed by atoms with van der Waals surface area (Å²) in [6.07, 6.45) is 3.00. The molecule has 0 unspecified atom stereocenters. The molecule has 20 heavy (non-hydrogen) atoms. The number of benzene rings is 2. The van der Waals surface area contributed by atoms with Crippen LogP contribution in [0.3, 0.4) is 0 Å². The molecule has 0 radical (unpaired) electrons. The van der Waals surface area contributed by atoms with Crippen molar-refractivity contribution in [2.24, 2.45) is 0 Å². The van der Waals surface area contributed by atoms with Gasteiger partial charge in [-0.25, -0.2) is 0 Å². The minimum absolute atomic E-state index is 0.113. The summed E-state index contributed by atoms with van der Waals surface area (Å²) >= 11 is 6.00. The number of hydrogen-bond donors (Lipinski definition) is 1. The van der Waals surface area contributed by atoms with E-state index in [0.29, 0.717) is 10.8 Å². The molecular weight excluding hydrogens is 276 g/mol. The van der Waals surface area contributed by atoms with E-state index in [-0.39, 0.29) is 17.1 Å². The number of rotatable bonds is 4. The van der Waals surface area contributed by atoms with Crippen molar-refractivity contribution in [1.29, 1.82) is 0 Å². The summed E-state index contributed by atoms with van der Waals surface area (Å²) in [7, 11) is 1.49. The highest BCUT2D eigenvalue weighted by molar-refractivity contribution is 6.32. The maximum atomic E-state index is 12.0. The van der Waals surface area contributed by atoms with Gasteiger partial charge in [0.25, 0.3) is 0 Å². The lowest BCUT2D eigenvalue weighted by molar-refractivity contribution is 0.104. The highest BCUT2D eigenvalue weighted by atomic mass is 35.5. The fourth-order valence-corrected chi connectivity index (χ4v) is 1.91. The number of ketones is 1. The first kappa shape index (κ1) is 14.2. The number of carbonyl (C=O) groups excluding carboxylic acids is 1. The minimum atomic E-state index is -0.301. The Bertz CT molecular complexity index is 663. The molecule has 0 aliphatic carbocycles. The van der Waals surface area contributed by atoms with E-state index in [1.807, 2.05) is 12.1 Å². The van der Waals surface area contributed by atoms with Crippen LogP contribution in [0.2, 0.25) is 5.02 Å². The zero-order valence-electron chi connectivity index (χ0n) is 10.8. The maximum Gasteiger partial charge on any atom is 0.189 e. The Morgan fingerprint density at radius 2 is 2.00 bits per heavy atom. The Labute approximate surface area is 122 Å². The molecule has 0 fully saturated rings. The largest absolute Gasteiger partial charge is 0.507 e. The van der Waals surface area contributed by atoms with E-state index in [4.69, 9.17) is 16.3 Å². The average molecular weight is 289 g/mol. The van der Waals surface area contributed by atoms with Gasteiger partial charge in [0.2, 0.25) is 0 Å². The molecule has 0 aliphatic heterocycles. The molecule has 3 nitrogen and oxygen atoms in total. The topological polar surface area (TPSA) is 46.5 Å². The molecule has 102 valence electrons. The van der Waals surface area contributed by atoms with Crippen LogP contribution in [0.25, 0.3) is 6.08 Å². The maximum absolute atomic E-state index is 12.0. The molecule has 0 amide bonds. The predicted molar refractivity (Wildman–Crippen MR) is 79.5 cm³/mol. The monoisotopic (exact) mass is 288 g/mol. The van der Waals surface area contributed by atoms with Gasteiger partial charge in [-0.05, 0) is 35.9 Å². The van der Waals surface area contributed by atoms with Crippen molar-refractivity contribution < 1.29 is 14.6 Å². The van der Waals surface area contributed by atoms with Crippen LogP contribution in [0.1, 0.15) is 15.9 Å². The van der Waals surface area contributed by atoms with E-state index in [1.54, 1.807) is 24.3 Å². The molecule has 0 aliphatic rings. The zero-order valence-corrected chi connectivity index (χ0v) is 11.6. The van der Waals surface area contributed by atoms with Crippen molar-refractivity contribution in [1.82, 2.24) is 0 Å². The van der Waals surface area contributed by atoms with E-state index in [0.717, 1.165) is 5.56 Å². The fraction of sp³-hybridized carbons (Fsp3) is 0.0625. The molecule has 0 aromatic heterocycles. The Hall–Kier alpha value is -2.26. The van der Waals surface area contributed by atoms with Gasteiger partial charge in [0.1, 0.15) is 11.5 Å². The lowest BCUT2D eigenvalue weighted by Crippen LogP contribution is -1.95. The standard InChI is InChI=1S/C16H13ClO3/c1-20-12-7-8-13(16(19)10-12)15(18)9-6-11-4-2-3-5-14(11)17/h2-10,19H,1H3. The molecule has 0 bridgehead atoms. The van der Waals surface area contributed by atoms with Crippen LogP contribution in [-0.2, 0) is 0 Å². The van der Waals surface area contributed by atoms with E-state index >= 15 is 0 Å². The van der Waals surface area contributed by atoms with Gasteiger partial charge in [-0.15, -0.1) is 0 Å². The first-order chi connectivity index (χ1) is 9.61.